The van der Waals surface area contributed by atoms with E-state index in [0.29, 0.717) is 25.9 Å². The molecular formula is C22H42O4. The molecule has 0 fully saturated rings. The number of carbonyl (C=O) groups is 2. The largest absolute Gasteiger partial charge is 0.466 e. The number of hydrogen-bond acceptors (Lipinski definition) is 4. The van der Waals surface area contributed by atoms with Crippen molar-refractivity contribution in [2.24, 2.45) is 0 Å². The predicted octanol–water partition coefficient (Wildman–Crippen LogP) is 6.35. The van der Waals surface area contributed by atoms with Crippen LogP contribution < -0.4 is 0 Å². The number of carbonyl (C=O) groups excluding carboxylic acids is 2. The van der Waals surface area contributed by atoms with Crippen LogP contribution in [-0.4, -0.2) is 24.6 Å². The van der Waals surface area contributed by atoms with E-state index in [0.717, 1.165) is 25.7 Å². The summed E-state index contributed by atoms with van der Waals surface area (Å²) in [6.45, 7) is 6.72. The first-order valence-electron chi connectivity index (χ1n) is 10.9. The molecule has 0 aromatic rings. The molecule has 26 heavy (non-hydrogen) atoms. The molecule has 0 aliphatic rings. The van der Waals surface area contributed by atoms with Gasteiger partial charge in [0, 0.05) is 12.8 Å². The fraction of sp³-hybridized carbons (Fsp3) is 0.909. The highest BCUT2D eigenvalue weighted by atomic mass is 16.5. The standard InChI is InChI=1S/C22H42O4/c1-4-6-7-8-9-10-11-12-13-14-19-25-21(23)17-15-18-22(24)26-20(3)16-5-2/h20H,4-19H2,1-3H3. The van der Waals surface area contributed by atoms with Gasteiger partial charge in [-0.05, 0) is 26.2 Å². The van der Waals surface area contributed by atoms with Crippen LogP contribution in [0.4, 0.5) is 0 Å². The summed E-state index contributed by atoms with van der Waals surface area (Å²) in [5, 5.41) is 0. The third-order valence-corrected chi connectivity index (χ3v) is 4.55. The summed E-state index contributed by atoms with van der Waals surface area (Å²) in [5.41, 5.74) is 0. The maximum Gasteiger partial charge on any atom is 0.306 e. The minimum Gasteiger partial charge on any atom is -0.466 e. The molecule has 154 valence electrons. The highest BCUT2D eigenvalue weighted by Gasteiger charge is 2.10. The summed E-state index contributed by atoms with van der Waals surface area (Å²) in [4.78, 5) is 23.2. The third-order valence-electron chi connectivity index (χ3n) is 4.55. The van der Waals surface area contributed by atoms with Crippen molar-refractivity contribution in [3.05, 3.63) is 0 Å². The van der Waals surface area contributed by atoms with Gasteiger partial charge in [0.05, 0.1) is 12.7 Å². The van der Waals surface area contributed by atoms with Crippen LogP contribution in [0.5, 0.6) is 0 Å². The van der Waals surface area contributed by atoms with E-state index in [9.17, 15) is 9.59 Å². The quantitative estimate of drug-likeness (QED) is 0.208. The van der Waals surface area contributed by atoms with Crippen LogP contribution in [0, 0.1) is 0 Å². The lowest BCUT2D eigenvalue weighted by Crippen LogP contribution is -2.15. The zero-order valence-electron chi connectivity index (χ0n) is 17.5. The van der Waals surface area contributed by atoms with Gasteiger partial charge in [-0.15, -0.1) is 0 Å². The van der Waals surface area contributed by atoms with Crippen molar-refractivity contribution in [2.45, 2.75) is 123 Å². The second kappa shape index (κ2) is 18.7. The molecule has 0 rings (SSSR count). The first kappa shape index (κ1) is 24.9. The lowest BCUT2D eigenvalue weighted by atomic mass is 10.1. The van der Waals surface area contributed by atoms with Crippen LogP contribution in [0.25, 0.3) is 0 Å². The summed E-state index contributed by atoms with van der Waals surface area (Å²) in [7, 11) is 0. The lowest BCUT2D eigenvalue weighted by Gasteiger charge is -2.11. The topological polar surface area (TPSA) is 52.6 Å². The van der Waals surface area contributed by atoms with Crippen LogP contribution in [0.2, 0.25) is 0 Å². The van der Waals surface area contributed by atoms with Gasteiger partial charge in [-0.25, -0.2) is 0 Å². The number of rotatable bonds is 18. The molecule has 0 heterocycles. The Morgan fingerprint density at radius 3 is 1.81 bits per heavy atom. The molecule has 0 aliphatic heterocycles. The number of esters is 2. The van der Waals surface area contributed by atoms with Crippen molar-refractivity contribution in [3.63, 3.8) is 0 Å². The number of ether oxygens (including phenoxy) is 2. The van der Waals surface area contributed by atoms with Crippen molar-refractivity contribution in [1.82, 2.24) is 0 Å². The van der Waals surface area contributed by atoms with Crippen LogP contribution in [0.15, 0.2) is 0 Å². The van der Waals surface area contributed by atoms with E-state index < -0.39 is 0 Å². The van der Waals surface area contributed by atoms with Gasteiger partial charge in [-0.1, -0.05) is 78.1 Å². The summed E-state index contributed by atoms with van der Waals surface area (Å²) < 4.78 is 10.5. The van der Waals surface area contributed by atoms with E-state index in [4.69, 9.17) is 9.47 Å². The Labute approximate surface area is 161 Å². The van der Waals surface area contributed by atoms with Crippen molar-refractivity contribution in [1.29, 1.82) is 0 Å². The Bertz CT molecular complexity index is 341. The number of unbranched alkanes of at least 4 members (excludes halogenated alkanes) is 9. The van der Waals surface area contributed by atoms with Gasteiger partial charge in [0.1, 0.15) is 0 Å². The second-order valence-electron chi connectivity index (χ2n) is 7.35. The van der Waals surface area contributed by atoms with Crippen molar-refractivity contribution in [3.8, 4) is 0 Å². The highest BCUT2D eigenvalue weighted by molar-refractivity contribution is 5.72. The molecule has 4 nitrogen and oxygen atoms in total. The van der Waals surface area contributed by atoms with Crippen molar-refractivity contribution >= 4 is 11.9 Å². The Morgan fingerprint density at radius 1 is 0.692 bits per heavy atom. The molecule has 0 aliphatic carbocycles. The van der Waals surface area contributed by atoms with Crippen molar-refractivity contribution in [2.75, 3.05) is 6.61 Å². The average Bonchev–Trinajstić information content (AvgIpc) is 2.59. The van der Waals surface area contributed by atoms with Gasteiger partial charge in [0.15, 0.2) is 0 Å². The van der Waals surface area contributed by atoms with E-state index in [-0.39, 0.29) is 18.0 Å². The first-order chi connectivity index (χ1) is 12.6. The van der Waals surface area contributed by atoms with Crippen molar-refractivity contribution < 1.29 is 19.1 Å². The normalized spacial score (nSPS) is 12.0. The van der Waals surface area contributed by atoms with Gasteiger partial charge in [0.25, 0.3) is 0 Å². The Morgan fingerprint density at radius 2 is 1.23 bits per heavy atom. The van der Waals surface area contributed by atoms with E-state index in [1.165, 1.54) is 51.4 Å². The monoisotopic (exact) mass is 370 g/mol. The molecule has 0 N–H and O–H groups in total. The smallest absolute Gasteiger partial charge is 0.306 e. The molecule has 0 saturated carbocycles. The van der Waals surface area contributed by atoms with Crippen LogP contribution in [0.1, 0.15) is 117 Å². The summed E-state index contributed by atoms with van der Waals surface area (Å²) in [5.74, 6) is -0.413. The molecule has 0 aromatic carbocycles. The first-order valence-corrected chi connectivity index (χ1v) is 10.9. The zero-order valence-corrected chi connectivity index (χ0v) is 17.5. The highest BCUT2D eigenvalue weighted by Crippen LogP contribution is 2.11. The minimum absolute atomic E-state index is 0.0317. The molecule has 0 amide bonds. The molecule has 0 spiro atoms. The molecule has 4 heteroatoms. The van der Waals surface area contributed by atoms with E-state index in [1.807, 2.05) is 6.92 Å². The fourth-order valence-corrected chi connectivity index (χ4v) is 2.97. The predicted molar refractivity (Wildman–Crippen MR) is 107 cm³/mol. The second-order valence-corrected chi connectivity index (χ2v) is 7.35. The number of hydrogen-bond donors (Lipinski definition) is 0. The molecular weight excluding hydrogens is 328 g/mol. The molecule has 1 atom stereocenters. The Kier molecular flexibility index (Phi) is 18.0. The van der Waals surface area contributed by atoms with E-state index >= 15 is 0 Å². The van der Waals surface area contributed by atoms with Gasteiger partial charge in [0.2, 0.25) is 0 Å². The zero-order chi connectivity index (χ0) is 19.5. The molecule has 0 aromatic heterocycles. The van der Waals surface area contributed by atoms with Gasteiger partial charge >= 0.3 is 11.9 Å². The summed E-state index contributed by atoms with van der Waals surface area (Å²) in [6, 6.07) is 0. The third kappa shape index (κ3) is 17.8. The van der Waals surface area contributed by atoms with Gasteiger partial charge < -0.3 is 9.47 Å². The average molecular weight is 371 g/mol. The SMILES string of the molecule is CCCCCCCCCCCCOC(=O)CCCC(=O)OC(C)CCC. The van der Waals surface area contributed by atoms with Crippen LogP contribution in [0.3, 0.4) is 0 Å². The van der Waals surface area contributed by atoms with Gasteiger partial charge in [-0.3, -0.25) is 9.59 Å². The fourth-order valence-electron chi connectivity index (χ4n) is 2.97. The Balaban J connectivity index is 3.35. The van der Waals surface area contributed by atoms with Gasteiger partial charge in [-0.2, -0.15) is 0 Å². The van der Waals surface area contributed by atoms with E-state index in [2.05, 4.69) is 13.8 Å². The lowest BCUT2D eigenvalue weighted by molar-refractivity contribution is -0.149. The molecule has 0 radical (unpaired) electrons. The maximum atomic E-state index is 11.6. The van der Waals surface area contributed by atoms with Crippen LogP contribution in [-0.2, 0) is 19.1 Å². The maximum absolute atomic E-state index is 11.6. The molecule has 1 unspecified atom stereocenters. The molecule has 0 saturated heterocycles. The van der Waals surface area contributed by atoms with E-state index in [1.54, 1.807) is 0 Å². The summed E-state index contributed by atoms with van der Waals surface area (Å²) >= 11 is 0. The minimum atomic E-state index is -0.214. The van der Waals surface area contributed by atoms with Crippen LogP contribution >= 0.6 is 0 Å². The Hall–Kier alpha value is -1.06. The summed E-state index contributed by atoms with van der Waals surface area (Å²) in [6.07, 6.45) is 15.6. The molecule has 0 bridgehead atoms.